The Balaban J connectivity index is 1.72. The molecule has 0 radical (unpaired) electrons. The van der Waals surface area contributed by atoms with Gasteiger partial charge in [-0.3, -0.25) is 4.79 Å². The zero-order chi connectivity index (χ0) is 59.7. The molecule has 83 heavy (non-hydrogen) atoms. The highest BCUT2D eigenvalue weighted by Gasteiger charge is 2.41. The van der Waals surface area contributed by atoms with Crippen LogP contribution in [-0.2, 0) is 9.53 Å². The van der Waals surface area contributed by atoms with E-state index in [1.807, 2.05) is 0 Å². The number of aliphatic hydroxyl groups is 1. The van der Waals surface area contributed by atoms with E-state index in [9.17, 15) is 15.0 Å². The van der Waals surface area contributed by atoms with Crippen LogP contribution in [0.4, 0.5) is 0 Å². The molecule has 1 aliphatic heterocycles. The zero-order valence-corrected chi connectivity index (χ0v) is 57.6. The maximum absolute atomic E-state index is 11.9. The Bertz CT molecular complexity index is 1220. The number of hydrogen-bond donors (Lipinski definition) is 2. The van der Waals surface area contributed by atoms with Crippen molar-refractivity contribution >= 4 is 5.97 Å². The van der Waals surface area contributed by atoms with Crippen LogP contribution in [0.5, 0.6) is 0 Å². The lowest BCUT2D eigenvalue weighted by molar-refractivity contribution is -0.146. The Labute approximate surface area is 523 Å². The van der Waals surface area contributed by atoms with E-state index in [1.165, 1.54) is 411 Å². The summed E-state index contributed by atoms with van der Waals surface area (Å²) in [5.41, 5.74) is 0. The monoisotopic (exact) mass is 1170 g/mol. The fourth-order valence-electron chi connectivity index (χ4n) is 14.0. The van der Waals surface area contributed by atoms with Crippen molar-refractivity contribution in [3.8, 4) is 0 Å². The van der Waals surface area contributed by atoms with Gasteiger partial charge in [-0.2, -0.15) is 0 Å². The SMILES string of the molecule is CCCCCCCCCCCCCCCCCCCCCCC(C(=O)O)C(O)CCCCCCCCCCCCCCCCCCCCCCCCCCCCCCCCC1OC1C(C)CCCCCCCCCCCCCCCCCC. The predicted molar refractivity (Wildman–Crippen MR) is 369 cm³/mol. The second-order valence-electron chi connectivity index (χ2n) is 28.4. The molecule has 0 amide bonds. The van der Waals surface area contributed by atoms with Crippen molar-refractivity contribution < 1.29 is 19.7 Å². The maximum Gasteiger partial charge on any atom is 0.309 e. The van der Waals surface area contributed by atoms with Gasteiger partial charge in [-0.05, 0) is 31.6 Å². The Kier molecular flexibility index (Phi) is 65.2. The second kappa shape index (κ2) is 67.3. The normalized spacial score (nSPS) is 15.4. The standard InChI is InChI=1S/C79H156O4/c1-4-6-8-10-12-14-16-18-20-22-23-36-39-43-47-51-55-59-63-67-71-75(79(81)82)76(80)72-68-64-60-56-52-48-44-40-37-34-32-30-28-26-24-25-27-29-31-33-35-38-41-45-49-53-57-61-65-69-73-77-78(83-77)74(3)70-66-62-58-54-50-46-42-21-19-17-15-13-11-9-7-5-2/h74-78,80H,4-73H2,1-3H3,(H,81,82). The first kappa shape index (κ1) is 80.4. The third-order valence-electron chi connectivity index (χ3n) is 20.1. The van der Waals surface area contributed by atoms with Gasteiger partial charge in [-0.25, -0.2) is 0 Å². The van der Waals surface area contributed by atoms with Gasteiger partial charge in [-0.1, -0.05) is 445 Å². The Hall–Kier alpha value is -0.610. The maximum atomic E-state index is 11.9. The minimum Gasteiger partial charge on any atom is -0.481 e. The van der Waals surface area contributed by atoms with E-state index >= 15 is 0 Å². The van der Waals surface area contributed by atoms with Gasteiger partial charge in [0.15, 0.2) is 0 Å². The molecular formula is C79H156O4. The number of hydrogen-bond acceptors (Lipinski definition) is 3. The van der Waals surface area contributed by atoms with Crippen molar-refractivity contribution in [3.05, 3.63) is 0 Å². The lowest BCUT2D eigenvalue weighted by Gasteiger charge is -2.19. The number of aliphatic carboxylic acids is 1. The van der Waals surface area contributed by atoms with E-state index in [0.717, 1.165) is 31.6 Å². The minimum absolute atomic E-state index is 0.583. The van der Waals surface area contributed by atoms with Crippen LogP contribution in [0.1, 0.15) is 470 Å². The van der Waals surface area contributed by atoms with Gasteiger partial charge in [0.2, 0.25) is 0 Å². The van der Waals surface area contributed by atoms with Gasteiger partial charge in [-0.15, -0.1) is 0 Å². The van der Waals surface area contributed by atoms with Crippen LogP contribution < -0.4 is 0 Å². The van der Waals surface area contributed by atoms with Gasteiger partial charge in [0.25, 0.3) is 0 Å². The first-order chi connectivity index (χ1) is 41.0. The summed E-state index contributed by atoms with van der Waals surface area (Å²) in [6, 6.07) is 0. The number of carboxylic acids is 1. The number of rotatable bonds is 74. The number of unbranched alkanes of at least 4 members (excludes halogenated alkanes) is 63. The molecule has 1 saturated heterocycles. The average molecular weight is 1170 g/mol. The second-order valence-corrected chi connectivity index (χ2v) is 28.4. The van der Waals surface area contributed by atoms with E-state index in [-0.39, 0.29) is 0 Å². The van der Waals surface area contributed by atoms with Gasteiger partial charge in [0.1, 0.15) is 0 Å². The molecule has 0 spiro atoms. The summed E-state index contributed by atoms with van der Waals surface area (Å²) in [5.74, 6) is -0.611. The largest absolute Gasteiger partial charge is 0.481 e. The van der Waals surface area contributed by atoms with Crippen molar-refractivity contribution in [2.24, 2.45) is 11.8 Å². The summed E-state index contributed by atoms with van der Waals surface area (Å²) >= 11 is 0. The molecule has 0 aliphatic carbocycles. The molecule has 496 valence electrons. The van der Waals surface area contributed by atoms with Crippen LogP contribution in [0.15, 0.2) is 0 Å². The van der Waals surface area contributed by atoms with Crippen molar-refractivity contribution in [2.75, 3.05) is 0 Å². The smallest absolute Gasteiger partial charge is 0.309 e. The molecule has 1 heterocycles. The third kappa shape index (κ3) is 60.1. The van der Waals surface area contributed by atoms with Crippen LogP contribution in [0, 0.1) is 11.8 Å². The Morgan fingerprint density at radius 3 is 0.711 bits per heavy atom. The van der Waals surface area contributed by atoms with Crippen LogP contribution >= 0.6 is 0 Å². The van der Waals surface area contributed by atoms with E-state index in [1.54, 1.807) is 0 Å². The highest BCUT2D eigenvalue weighted by Crippen LogP contribution is 2.36. The molecule has 0 aromatic carbocycles. The third-order valence-corrected chi connectivity index (χ3v) is 20.1. The number of carbonyl (C=O) groups is 1. The predicted octanol–water partition coefficient (Wildman–Crippen LogP) is 27.8. The lowest BCUT2D eigenvalue weighted by atomic mass is 9.91. The van der Waals surface area contributed by atoms with E-state index < -0.39 is 18.0 Å². The number of carboxylic acid groups (broad SMARTS) is 1. The van der Waals surface area contributed by atoms with Crippen LogP contribution in [0.25, 0.3) is 0 Å². The fraction of sp³-hybridized carbons (Fsp3) is 0.987. The molecule has 0 aromatic heterocycles. The zero-order valence-electron chi connectivity index (χ0n) is 57.6. The van der Waals surface area contributed by atoms with E-state index in [0.29, 0.717) is 25.0 Å². The van der Waals surface area contributed by atoms with Crippen molar-refractivity contribution in [2.45, 2.75) is 489 Å². The Morgan fingerprint density at radius 1 is 0.289 bits per heavy atom. The molecule has 5 atom stereocenters. The molecule has 2 N–H and O–H groups in total. The quantitative estimate of drug-likeness (QED) is 0.0470. The lowest BCUT2D eigenvalue weighted by Crippen LogP contribution is -2.28. The van der Waals surface area contributed by atoms with Crippen molar-refractivity contribution in [1.29, 1.82) is 0 Å². The van der Waals surface area contributed by atoms with Crippen LogP contribution in [-0.4, -0.2) is 34.5 Å². The summed E-state index contributed by atoms with van der Waals surface area (Å²) < 4.78 is 6.14. The van der Waals surface area contributed by atoms with Crippen molar-refractivity contribution in [3.63, 3.8) is 0 Å². The molecule has 4 nitrogen and oxygen atoms in total. The van der Waals surface area contributed by atoms with Gasteiger partial charge in [0.05, 0.1) is 24.2 Å². The topological polar surface area (TPSA) is 70.1 Å². The molecule has 0 saturated carbocycles. The van der Waals surface area contributed by atoms with Gasteiger partial charge >= 0.3 is 5.97 Å². The summed E-state index contributed by atoms with van der Waals surface area (Å²) in [6.07, 6.45) is 96.8. The first-order valence-electron chi connectivity index (χ1n) is 39.6. The molecular weight excluding hydrogens is 1010 g/mol. The number of ether oxygens (including phenoxy) is 1. The number of epoxide rings is 1. The van der Waals surface area contributed by atoms with Crippen LogP contribution in [0.2, 0.25) is 0 Å². The molecule has 0 aromatic rings. The summed E-state index contributed by atoms with van der Waals surface area (Å²) in [4.78, 5) is 11.9. The Morgan fingerprint density at radius 2 is 0.482 bits per heavy atom. The summed E-state index contributed by atoms with van der Waals surface area (Å²) in [6.45, 7) is 7.06. The van der Waals surface area contributed by atoms with Crippen LogP contribution in [0.3, 0.4) is 0 Å². The molecule has 1 fully saturated rings. The summed E-state index contributed by atoms with van der Waals surface area (Å²) in [5, 5.41) is 20.5. The van der Waals surface area contributed by atoms with Gasteiger partial charge in [0, 0.05) is 0 Å². The molecule has 0 bridgehead atoms. The molecule has 1 rings (SSSR count). The fourth-order valence-corrected chi connectivity index (χ4v) is 14.0. The van der Waals surface area contributed by atoms with E-state index in [2.05, 4.69) is 20.8 Å². The minimum atomic E-state index is -0.799. The summed E-state index contributed by atoms with van der Waals surface area (Å²) in [7, 11) is 0. The van der Waals surface area contributed by atoms with E-state index in [4.69, 9.17) is 4.74 Å². The highest BCUT2D eigenvalue weighted by atomic mass is 16.6. The molecule has 4 heteroatoms. The van der Waals surface area contributed by atoms with Crippen molar-refractivity contribution in [1.82, 2.24) is 0 Å². The average Bonchev–Trinajstić information content (AvgIpc) is 4.44. The first-order valence-corrected chi connectivity index (χ1v) is 39.6. The highest BCUT2D eigenvalue weighted by molar-refractivity contribution is 5.70. The molecule has 1 aliphatic rings. The molecule has 5 unspecified atom stereocenters. The number of aliphatic hydroxyl groups excluding tert-OH is 1. The van der Waals surface area contributed by atoms with Gasteiger partial charge < -0.3 is 14.9 Å².